The number of aryl methyl sites for hydroxylation is 1. The lowest BCUT2D eigenvalue weighted by Crippen LogP contribution is -1.97. The van der Waals surface area contributed by atoms with Crippen molar-refractivity contribution in [1.29, 1.82) is 0 Å². The number of nitrogens with zero attached hydrogens (tertiary/aromatic N) is 3. The second-order valence-corrected chi connectivity index (χ2v) is 4.58. The molecule has 0 saturated carbocycles. The Morgan fingerprint density at radius 1 is 1.50 bits per heavy atom. The topological polar surface area (TPSA) is 61.0 Å². The molecule has 0 spiro atoms. The Kier molecular flexibility index (Phi) is 2.45. The van der Waals surface area contributed by atoms with Crippen LogP contribution in [0.25, 0.3) is 10.8 Å². The molecule has 0 N–H and O–H groups in total. The molecule has 2 aromatic heterocycles. The van der Waals surface area contributed by atoms with Crippen LogP contribution < -0.4 is 0 Å². The van der Waals surface area contributed by atoms with E-state index in [-0.39, 0.29) is 6.10 Å². The summed E-state index contributed by atoms with van der Waals surface area (Å²) in [6.45, 7) is 2.72. The van der Waals surface area contributed by atoms with Crippen LogP contribution in [0, 0.1) is 6.92 Å². The minimum absolute atomic E-state index is 0.00530. The van der Waals surface area contributed by atoms with Crippen LogP contribution in [-0.2, 0) is 4.74 Å². The predicted molar refractivity (Wildman–Crippen MR) is 58.1 cm³/mol. The van der Waals surface area contributed by atoms with E-state index in [1.807, 2.05) is 6.92 Å². The Morgan fingerprint density at radius 3 is 3.12 bits per heavy atom. The van der Waals surface area contributed by atoms with Gasteiger partial charge in [-0.05, 0) is 19.8 Å². The molecule has 1 aliphatic heterocycles. The van der Waals surface area contributed by atoms with E-state index in [0.717, 1.165) is 30.0 Å². The molecule has 3 rings (SSSR count). The fourth-order valence-corrected chi connectivity index (χ4v) is 2.47. The van der Waals surface area contributed by atoms with Gasteiger partial charge in [0.1, 0.15) is 11.0 Å². The first-order valence-corrected chi connectivity index (χ1v) is 6.08. The van der Waals surface area contributed by atoms with Gasteiger partial charge in [-0.25, -0.2) is 4.98 Å². The molecule has 5 nitrogen and oxygen atoms in total. The minimum Gasteiger partial charge on any atom is -0.370 e. The standard InChI is InChI=1S/C10H11N3O2S/c1-6-8(16-5-11-6)10-12-9(13-15-10)7-3-2-4-14-7/h5,7H,2-4H2,1H3. The summed E-state index contributed by atoms with van der Waals surface area (Å²) in [7, 11) is 0. The van der Waals surface area contributed by atoms with E-state index >= 15 is 0 Å². The van der Waals surface area contributed by atoms with E-state index in [2.05, 4.69) is 15.1 Å². The lowest BCUT2D eigenvalue weighted by molar-refractivity contribution is 0.103. The molecule has 0 amide bonds. The van der Waals surface area contributed by atoms with Crippen LogP contribution in [0.5, 0.6) is 0 Å². The highest BCUT2D eigenvalue weighted by Crippen LogP contribution is 2.30. The molecule has 0 bridgehead atoms. The maximum atomic E-state index is 5.50. The van der Waals surface area contributed by atoms with Gasteiger partial charge in [0.15, 0.2) is 0 Å². The molecule has 0 aromatic carbocycles. The normalized spacial score (nSPS) is 20.4. The number of aromatic nitrogens is 3. The van der Waals surface area contributed by atoms with Crippen LogP contribution in [0.4, 0.5) is 0 Å². The Labute approximate surface area is 96.5 Å². The van der Waals surface area contributed by atoms with Crippen molar-refractivity contribution in [3.8, 4) is 10.8 Å². The van der Waals surface area contributed by atoms with Crippen molar-refractivity contribution < 1.29 is 9.26 Å². The van der Waals surface area contributed by atoms with Gasteiger partial charge in [-0.2, -0.15) is 4.98 Å². The molecule has 1 fully saturated rings. The lowest BCUT2D eigenvalue weighted by atomic mass is 10.2. The second kappa shape index (κ2) is 3.95. The van der Waals surface area contributed by atoms with Crippen LogP contribution in [0.1, 0.15) is 30.5 Å². The molecule has 6 heteroatoms. The lowest BCUT2D eigenvalue weighted by Gasteiger charge is -2.00. The van der Waals surface area contributed by atoms with Gasteiger partial charge in [-0.1, -0.05) is 5.16 Å². The van der Waals surface area contributed by atoms with Crippen molar-refractivity contribution in [3.05, 3.63) is 17.0 Å². The highest BCUT2D eigenvalue weighted by atomic mass is 32.1. The van der Waals surface area contributed by atoms with Crippen LogP contribution in [0.15, 0.2) is 10.0 Å². The predicted octanol–water partition coefficient (Wildman–Crippen LogP) is 2.35. The Hall–Kier alpha value is -1.27. The summed E-state index contributed by atoms with van der Waals surface area (Å²) in [6.07, 6.45) is 2.04. The quantitative estimate of drug-likeness (QED) is 0.802. The molecule has 0 aliphatic carbocycles. The Bertz CT molecular complexity index is 488. The van der Waals surface area contributed by atoms with Crippen LogP contribution in [0.2, 0.25) is 0 Å². The number of hydrogen-bond acceptors (Lipinski definition) is 6. The molecule has 1 aliphatic rings. The van der Waals surface area contributed by atoms with E-state index < -0.39 is 0 Å². The summed E-state index contributed by atoms with van der Waals surface area (Å²) >= 11 is 1.51. The van der Waals surface area contributed by atoms with Crippen LogP contribution in [-0.4, -0.2) is 21.7 Å². The molecular weight excluding hydrogens is 226 g/mol. The fourth-order valence-electron chi connectivity index (χ4n) is 1.75. The average molecular weight is 237 g/mol. The molecule has 1 unspecified atom stereocenters. The first-order valence-electron chi connectivity index (χ1n) is 5.20. The van der Waals surface area contributed by atoms with Gasteiger partial charge in [0.2, 0.25) is 5.82 Å². The third-order valence-corrected chi connectivity index (χ3v) is 3.52. The number of hydrogen-bond donors (Lipinski definition) is 0. The molecule has 2 aromatic rings. The summed E-state index contributed by atoms with van der Waals surface area (Å²) in [5, 5.41) is 3.96. The largest absolute Gasteiger partial charge is 0.370 e. The first-order chi connectivity index (χ1) is 7.84. The van der Waals surface area contributed by atoms with Crippen molar-refractivity contribution in [3.63, 3.8) is 0 Å². The molecule has 3 heterocycles. The molecule has 1 atom stereocenters. The van der Waals surface area contributed by atoms with E-state index in [9.17, 15) is 0 Å². The van der Waals surface area contributed by atoms with Crippen LogP contribution in [0.3, 0.4) is 0 Å². The summed E-state index contributed by atoms with van der Waals surface area (Å²) in [6, 6.07) is 0. The third-order valence-electron chi connectivity index (χ3n) is 2.60. The summed E-state index contributed by atoms with van der Waals surface area (Å²) in [5.74, 6) is 1.20. The highest BCUT2D eigenvalue weighted by molar-refractivity contribution is 7.13. The fraction of sp³-hybridized carbons (Fsp3) is 0.500. The van der Waals surface area contributed by atoms with Crippen molar-refractivity contribution in [2.45, 2.75) is 25.9 Å². The second-order valence-electron chi connectivity index (χ2n) is 3.73. The zero-order valence-electron chi connectivity index (χ0n) is 8.84. The summed E-state index contributed by atoms with van der Waals surface area (Å²) in [5.41, 5.74) is 2.70. The van der Waals surface area contributed by atoms with Crippen molar-refractivity contribution in [2.75, 3.05) is 6.61 Å². The highest BCUT2D eigenvalue weighted by Gasteiger charge is 2.24. The Morgan fingerprint density at radius 2 is 2.44 bits per heavy atom. The third kappa shape index (κ3) is 1.64. The number of thiazole rings is 1. The first kappa shape index (κ1) is 9.92. The maximum Gasteiger partial charge on any atom is 0.270 e. The van der Waals surface area contributed by atoms with Gasteiger partial charge < -0.3 is 9.26 Å². The van der Waals surface area contributed by atoms with E-state index in [1.165, 1.54) is 11.3 Å². The molecule has 84 valence electrons. The molecule has 16 heavy (non-hydrogen) atoms. The summed E-state index contributed by atoms with van der Waals surface area (Å²) in [4.78, 5) is 9.46. The van der Waals surface area contributed by atoms with E-state index in [4.69, 9.17) is 9.26 Å². The van der Waals surface area contributed by atoms with Crippen molar-refractivity contribution in [1.82, 2.24) is 15.1 Å². The van der Waals surface area contributed by atoms with Gasteiger partial charge in [0.25, 0.3) is 5.89 Å². The van der Waals surface area contributed by atoms with Crippen molar-refractivity contribution in [2.24, 2.45) is 0 Å². The van der Waals surface area contributed by atoms with E-state index in [0.29, 0.717) is 11.7 Å². The van der Waals surface area contributed by atoms with Gasteiger partial charge >= 0.3 is 0 Å². The molecule has 1 saturated heterocycles. The SMILES string of the molecule is Cc1ncsc1-c1nc(C2CCCO2)no1. The monoisotopic (exact) mass is 237 g/mol. The number of ether oxygens (including phenoxy) is 1. The Balaban J connectivity index is 1.90. The van der Waals surface area contributed by atoms with Crippen LogP contribution >= 0.6 is 11.3 Å². The maximum absolute atomic E-state index is 5.50. The minimum atomic E-state index is 0.00530. The van der Waals surface area contributed by atoms with Gasteiger partial charge in [0.05, 0.1) is 11.2 Å². The van der Waals surface area contributed by atoms with Crippen molar-refractivity contribution >= 4 is 11.3 Å². The number of rotatable bonds is 2. The molecular formula is C10H11N3O2S. The van der Waals surface area contributed by atoms with Gasteiger partial charge in [-0.3, -0.25) is 0 Å². The van der Waals surface area contributed by atoms with Gasteiger partial charge in [0, 0.05) is 6.61 Å². The smallest absolute Gasteiger partial charge is 0.270 e. The van der Waals surface area contributed by atoms with Gasteiger partial charge in [-0.15, -0.1) is 11.3 Å². The summed E-state index contributed by atoms with van der Waals surface area (Å²) < 4.78 is 10.7. The zero-order valence-corrected chi connectivity index (χ0v) is 9.66. The average Bonchev–Trinajstić information content (AvgIpc) is 2.96. The zero-order chi connectivity index (χ0) is 11.0. The van der Waals surface area contributed by atoms with E-state index in [1.54, 1.807) is 5.51 Å². The molecule has 0 radical (unpaired) electrons.